The number of carbonyl (C=O) groups is 1. The Morgan fingerprint density at radius 1 is 1.20 bits per heavy atom. The Labute approximate surface area is 124 Å². The summed E-state index contributed by atoms with van der Waals surface area (Å²) in [6, 6.07) is 0.0270. The van der Waals surface area contributed by atoms with Gasteiger partial charge in [0.1, 0.15) is 6.04 Å². The molecule has 5 heteroatoms. The van der Waals surface area contributed by atoms with E-state index in [1.807, 2.05) is 6.92 Å². The van der Waals surface area contributed by atoms with Gasteiger partial charge in [-0.3, -0.25) is 4.79 Å². The van der Waals surface area contributed by atoms with Crippen molar-refractivity contribution >= 4 is 5.97 Å². The second-order valence-electron chi connectivity index (χ2n) is 5.68. The van der Waals surface area contributed by atoms with Crippen molar-refractivity contribution in [1.82, 2.24) is 15.1 Å². The summed E-state index contributed by atoms with van der Waals surface area (Å²) in [6.45, 7) is 12.2. The predicted octanol–water partition coefficient (Wildman–Crippen LogP) is 1.19. The quantitative estimate of drug-likeness (QED) is 0.578. The van der Waals surface area contributed by atoms with Crippen molar-refractivity contribution in [2.45, 2.75) is 46.2 Å². The molecule has 0 radical (unpaired) electrons. The molecule has 1 N–H and O–H groups in total. The summed E-state index contributed by atoms with van der Waals surface area (Å²) >= 11 is 0. The van der Waals surface area contributed by atoms with Gasteiger partial charge in [0.2, 0.25) is 0 Å². The number of nitrogens with zero attached hydrogens (tertiary/aromatic N) is 2. The lowest BCUT2D eigenvalue weighted by Gasteiger charge is -2.27. The van der Waals surface area contributed by atoms with Crippen molar-refractivity contribution in [3.8, 4) is 0 Å². The van der Waals surface area contributed by atoms with E-state index in [9.17, 15) is 4.79 Å². The highest BCUT2D eigenvalue weighted by atomic mass is 16.5. The number of likely N-dealkylation sites (N-methyl/N-ethyl adjacent to an activating group) is 1. The van der Waals surface area contributed by atoms with Crippen LogP contribution in [-0.2, 0) is 9.53 Å². The van der Waals surface area contributed by atoms with Crippen molar-refractivity contribution in [2.75, 3.05) is 46.9 Å². The Balaban J connectivity index is 4.38. The zero-order chi connectivity index (χ0) is 15.5. The van der Waals surface area contributed by atoms with Crippen LogP contribution in [0.2, 0.25) is 0 Å². The number of esters is 1. The first-order valence-electron chi connectivity index (χ1n) is 7.70. The third-order valence-electron chi connectivity index (χ3n) is 3.07. The van der Waals surface area contributed by atoms with E-state index in [-0.39, 0.29) is 18.1 Å². The molecule has 0 rings (SSSR count). The molecule has 20 heavy (non-hydrogen) atoms. The van der Waals surface area contributed by atoms with Gasteiger partial charge in [0, 0.05) is 12.6 Å². The normalized spacial score (nSPS) is 13.2. The molecule has 0 amide bonds. The summed E-state index contributed by atoms with van der Waals surface area (Å²) in [4.78, 5) is 16.5. The first kappa shape index (κ1) is 19.4. The highest BCUT2D eigenvalue weighted by molar-refractivity contribution is 5.76. The number of nitrogens with one attached hydrogen (secondary N) is 1. The molecule has 0 aliphatic carbocycles. The first-order chi connectivity index (χ1) is 9.40. The second-order valence-corrected chi connectivity index (χ2v) is 5.68. The van der Waals surface area contributed by atoms with Crippen LogP contribution in [0.1, 0.15) is 34.1 Å². The topological polar surface area (TPSA) is 44.8 Å². The zero-order valence-electron chi connectivity index (χ0n) is 14.1. The van der Waals surface area contributed by atoms with E-state index in [2.05, 4.69) is 50.0 Å². The van der Waals surface area contributed by atoms with E-state index in [1.165, 1.54) is 0 Å². The molecule has 0 saturated carbocycles. The van der Waals surface area contributed by atoms with E-state index in [1.54, 1.807) is 0 Å². The van der Waals surface area contributed by atoms with Gasteiger partial charge in [0.05, 0.1) is 6.61 Å². The van der Waals surface area contributed by atoms with Gasteiger partial charge in [-0.05, 0) is 47.1 Å². The molecule has 0 heterocycles. The molecule has 5 nitrogen and oxygen atoms in total. The summed E-state index contributed by atoms with van der Waals surface area (Å²) < 4.78 is 5.16. The fraction of sp³-hybridized carbons (Fsp3) is 0.933. The third kappa shape index (κ3) is 9.28. The molecule has 1 atom stereocenters. The summed E-state index contributed by atoms with van der Waals surface area (Å²) in [5.41, 5.74) is 0. The SMILES string of the molecule is CCOC(=O)C(CN(CC)CCCN(C)C)NC(C)C. The largest absolute Gasteiger partial charge is 0.465 e. The highest BCUT2D eigenvalue weighted by Gasteiger charge is 2.22. The fourth-order valence-corrected chi connectivity index (χ4v) is 2.09. The minimum Gasteiger partial charge on any atom is -0.465 e. The second kappa shape index (κ2) is 11.1. The van der Waals surface area contributed by atoms with Gasteiger partial charge in [0.25, 0.3) is 0 Å². The monoisotopic (exact) mass is 287 g/mol. The molecule has 0 bridgehead atoms. The van der Waals surface area contributed by atoms with Crippen LogP contribution in [0.15, 0.2) is 0 Å². The van der Waals surface area contributed by atoms with E-state index in [0.717, 1.165) is 26.1 Å². The maximum absolute atomic E-state index is 12.0. The van der Waals surface area contributed by atoms with Gasteiger partial charge in [-0.2, -0.15) is 0 Å². The molecule has 0 aliphatic rings. The smallest absolute Gasteiger partial charge is 0.324 e. The van der Waals surface area contributed by atoms with Crippen LogP contribution in [-0.4, -0.2) is 74.7 Å². The van der Waals surface area contributed by atoms with E-state index < -0.39 is 0 Å². The molecule has 0 spiro atoms. The Bertz CT molecular complexity index is 258. The number of carbonyl (C=O) groups excluding carboxylic acids is 1. The lowest BCUT2D eigenvalue weighted by Crippen LogP contribution is -2.49. The predicted molar refractivity (Wildman–Crippen MR) is 84.0 cm³/mol. The standard InChI is InChI=1S/C15H33N3O2/c1-7-18(11-9-10-17(5)6)12-14(16-13(3)4)15(19)20-8-2/h13-14,16H,7-12H2,1-6H3. The minimum absolute atomic E-state index is 0.146. The molecule has 120 valence electrons. The van der Waals surface area contributed by atoms with Gasteiger partial charge in [-0.1, -0.05) is 20.8 Å². The van der Waals surface area contributed by atoms with E-state index >= 15 is 0 Å². The van der Waals surface area contributed by atoms with Crippen molar-refractivity contribution in [3.05, 3.63) is 0 Å². The molecule has 0 aliphatic heterocycles. The van der Waals surface area contributed by atoms with E-state index in [4.69, 9.17) is 4.74 Å². The fourth-order valence-electron chi connectivity index (χ4n) is 2.09. The Hall–Kier alpha value is -0.650. The molecule has 0 aromatic carbocycles. The summed E-state index contributed by atoms with van der Waals surface area (Å²) in [7, 11) is 4.16. The number of hydrogen-bond acceptors (Lipinski definition) is 5. The zero-order valence-corrected chi connectivity index (χ0v) is 14.1. The Kier molecular flexibility index (Phi) is 10.7. The van der Waals surface area contributed by atoms with Crippen LogP contribution in [0.5, 0.6) is 0 Å². The maximum Gasteiger partial charge on any atom is 0.324 e. The highest BCUT2D eigenvalue weighted by Crippen LogP contribution is 2.00. The van der Waals surface area contributed by atoms with Crippen molar-refractivity contribution in [2.24, 2.45) is 0 Å². The van der Waals surface area contributed by atoms with Crippen LogP contribution in [0.3, 0.4) is 0 Å². The van der Waals surface area contributed by atoms with Crippen LogP contribution in [0.25, 0.3) is 0 Å². The molecule has 0 aromatic rings. The average molecular weight is 287 g/mol. The lowest BCUT2D eigenvalue weighted by molar-refractivity contribution is -0.146. The Morgan fingerprint density at radius 3 is 2.30 bits per heavy atom. The van der Waals surface area contributed by atoms with Crippen LogP contribution >= 0.6 is 0 Å². The summed E-state index contributed by atoms with van der Waals surface area (Å²) in [5.74, 6) is -0.146. The third-order valence-corrected chi connectivity index (χ3v) is 3.07. The minimum atomic E-state index is -0.241. The van der Waals surface area contributed by atoms with Gasteiger partial charge in [-0.15, -0.1) is 0 Å². The van der Waals surface area contributed by atoms with Crippen LogP contribution in [0, 0.1) is 0 Å². The maximum atomic E-state index is 12.0. The molecule has 0 aromatic heterocycles. The molecule has 0 saturated heterocycles. The number of hydrogen-bond donors (Lipinski definition) is 1. The van der Waals surface area contributed by atoms with Gasteiger partial charge in [0.15, 0.2) is 0 Å². The average Bonchev–Trinajstić information content (AvgIpc) is 2.35. The van der Waals surface area contributed by atoms with Crippen LogP contribution < -0.4 is 5.32 Å². The lowest BCUT2D eigenvalue weighted by atomic mass is 10.2. The Morgan fingerprint density at radius 2 is 1.85 bits per heavy atom. The molecular weight excluding hydrogens is 254 g/mol. The van der Waals surface area contributed by atoms with Crippen LogP contribution in [0.4, 0.5) is 0 Å². The molecular formula is C15H33N3O2. The summed E-state index contributed by atoms with van der Waals surface area (Å²) in [6.07, 6.45) is 1.11. The molecule has 0 fully saturated rings. The van der Waals surface area contributed by atoms with Crippen molar-refractivity contribution < 1.29 is 9.53 Å². The number of rotatable bonds is 11. The van der Waals surface area contributed by atoms with Gasteiger partial charge in [-0.25, -0.2) is 0 Å². The molecule has 1 unspecified atom stereocenters. The first-order valence-corrected chi connectivity index (χ1v) is 7.70. The van der Waals surface area contributed by atoms with Crippen molar-refractivity contribution in [1.29, 1.82) is 0 Å². The van der Waals surface area contributed by atoms with E-state index in [0.29, 0.717) is 13.2 Å². The summed E-state index contributed by atoms with van der Waals surface area (Å²) in [5, 5.41) is 3.30. The number of ether oxygens (including phenoxy) is 1. The van der Waals surface area contributed by atoms with Crippen molar-refractivity contribution in [3.63, 3.8) is 0 Å². The van der Waals surface area contributed by atoms with Gasteiger partial charge < -0.3 is 19.9 Å². The van der Waals surface area contributed by atoms with Gasteiger partial charge >= 0.3 is 5.97 Å².